The van der Waals surface area contributed by atoms with Crippen LogP contribution in [0.5, 0.6) is 0 Å². The number of aliphatic imine (C=N–C) groups is 1. The summed E-state index contributed by atoms with van der Waals surface area (Å²) in [6.07, 6.45) is 3.95. The summed E-state index contributed by atoms with van der Waals surface area (Å²) in [6.45, 7) is 8.60. The highest BCUT2D eigenvalue weighted by molar-refractivity contribution is 7.90. The van der Waals surface area contributed by atoms with E-state index in [1.165, 1.54) is 6.07 Å². The van der Waals surface area contributed by atoms with Gasteiger partial charge in [0.2, 0.25) is 0 Å². The van der Waals surface area contributed by atoms with E-state index in [0.717, 1.165) is 48.6 Å². The van der Waals surface area contributed by atoms with Crippen molar-refractivity contribution in [2.45, 2.75) is 51.0 Å². The Kier molecular flexibility index (Phi) is 7.78. The first kappa shape index (κ1) is 23.9. The first-order valence-corrected chi connectivity index (χ1v) is 12.9. The number of benzene rings is 1. The lowest BCUT2D eigenvalue weighted by atomic mass is 9.89. The summed E-state index contributed by atoms with van der Waals surface area (Å²) in [5.74, 6) is 0.965. The lowest BCUT2D eigenvalue weighted by Gasteiger charge is -2.35. The molecule has 3 aliphatic heterocycles. The number of nitrogens with one attached hydrogen (secondary N) is 1. The maximum atomic E-state index is 14.2. The molecule has 0 aliphatic carbocycles. The third kappa shape index (κ3) is 5.62. The molecular weight excluding hydrogens is 444 g/mol. The van der Waals surface area contributed by atoms with Crippen LogP contribution in [0.15, 0.2) is 51.8 Å². The van der Waals surface area contributed by atoms with Gasteiger partial charge in [-0.25, -0.2) is 8.78 Å². The Morgan fingerprint density at radius 1 is 1.24 bits per heavy atom. The molecule has 178 valence electrons. The molecule has 8 heteroatoms. The van der Waals surface area contributed by atoms with Gasteiger partial charge in [0.1, 0.15) is 17.5 Å². The molecule has 2 saturated heterocycles. The number of amidine groups is 1. The Morgan fingerprint density at radius 3 is 2.58 bits per heavy atom. The van der Waals surface area contributed by atoms with Crippen molar-refractivity contribution >= 4 is 16.6 Å². The standard InChI is InChI=1S/C25H31F2N3O2S/c1-3-23(30-11-6-18(7-12-30)21-5-4-19(26)16-22(21)27)29-25(24-17(2)10-15-33(24)31)28-20-8-13-32-14-9-20/h4-5,16,18,20H,1,6-15H2,2H3,(H,28,29). The van der Waals surface area contributed by atoms with Crippen molar-refractivity contribution in [2.24, 2.45) is 4.99 Å². The summed E-state index contributed by atoms with van der Waals surface area (Å²) in [5.41, 5.74) is 4.66. The number of rotatable bonds is 5. The molecule has 33 heavy (non-hydrogen) atoms. The van der Waals surface area contributed by atoms with E-state index in [-0.39, 0.29) is 12.0 Å². The molecular formula is C25H31F2N3O2S. The Bertz CT molecular complexity index is 1020. The second-order valence-corrected chi connectivity index (χ2v) is 10.3. The van der Waals surface area contributed by atoms with Gasteiger partial charge in [-0.2, -0.15) is 0 Å². The monoisotopic (exact) mass is 475 g/mol. The van der Waals surface area contributed by atoms with Crippen LogP contribution in [0, 0.1) is 11.6 Å². The van der Waals surface area contributed by atoms with Crippen molar-refractivity contribution in [3.05, 3.63) is 64.0 Å². The van der Waals surface area contributed by atoms with E-state index >= 15 is 0 Å². The lowest BCUT2D eigenvalue weighted by molar-refractivity contribution is 0.0870. The molecule has 0 aromatic heterocycles. The van der Waals surface area contributed by atoms with Crippen molar-refractivity contribution in [1.29, 1.82) is 0 Å². The zero-order valence-electron chi connectivity index (χ0n) is 19.0. The van der Waals surface area contributed by atoms with Crippen LogP contribution < -0.4 is 5.32 Å². The first-order chi connectivity index (χ1) is 16.0. The predicted molar refractivity (Wildman–Crippen MR) is 127 cm³/mol. The van der Waals surface area contributed by atoms with Crippen molar-refractivity contribution in [1.82, 2.24) is 10.2 Å². The maximum Gasteiger partial charge on any atom is 0.151 e. The number of ether oxygens (including phenoxy) is 1. The largest absolute Gasteiger partial charge is 0.381 e. The van der Waals surface area contributed by atoms with Crippen LogP contribution in [-0.4, -0.2) is 53.0 Å². The first-order valence-electron chi connectivity index (χ1n) is 11.6. The van der Waals surface area contributed by atoms with Gasteiger partial charge in [0.25, 0.3) is 0 Å². The fourth-order valence-corrected chi connectivity index (χ4v) is 6.21. The second-order valence-electron chi connectivity index (χ2n) is 8.81. The zero-order valence-corrected chi connectivity index (χ0v) is 19.9. The van der Waals surface area contributed by atoms with Crippen LogP contribution >= 0.6 is 0 Å². The van der Waals surface area contributed by atoms with Gasteiger partial charge in [0.15, 0.2) is 5.82 Å². The minimum absolute atomic E-state index is 0.0376. The van der Waals surface area contributed by atoms with Crippen LogP contribution in [0.1, 0.15) is 50.5 Å². The van der Waals surface area contributed by atoms with Crippen LogP contribution in [0.25, 0.3) is 0 Å². The molecule has 0 radical (unpaired) electrons. The van der Waals surface area contributed by atoms with E-state index in [1.807, 2.05) is 6.92 Å². The van der Waals surface area contributed by atoms with Gasteiger partial charge in [-0.05, 0) is 56.6 Å². The van der Waals surface area contributed by atoms with Crippen molar-refractivity contribution in [2.75, 3.05) is 32.1 Å². The van der Waals surface area contributed by atoms with Gasteiger partial charge in [-0.3, -0.25) is 9.20 Å². The van der Waals surface area contributed by atoms with Gasteiger partial charge < -0.3 is 15.0 Å². The maximum absolute atomic E-state index is 14.2. The molecule has 0 bridgehead atoms. The van der Waals surface area contributed by atoms with E-state index in [0.29, 0.717) is 49.3 Å². The fourth-order valence-electron chi connectivity index (χ4n) is 4.70. The average molecular weight is 476 g/mol. The van der Waals surface area contributed by atoms with Crippen LogP contribution in [0.2, 0.25) is 0 Å². The van der Waals surface area contributed by atoms with Crippen LogP contribution in [0.4, 0.5) is 8.78 Å². The highest BCUT2D eigenvalue weighted by Crippen LogP contribution is 2.31. The minimum atomic E-state index is -1.08. The zero-order chi connectivity index (χ0) is 23.4. The summed E-state index contributed by atoms with van der Waals surface area (Å²) in [7, 11) is -1.08. The topological polar surface area (TPSA) is 53.9 Å². The summed E-state index contributed by atoms with van der Waals surface area (Å²) in [6, 6.07) is 3.95. The van der Waals surface area contributed by atoms with E-state index in [4.69, 9.17) is 9.73 Å². The van der Waals surface area contributed by atoms with Gasteiger partial charge in [-0.1, -0.05) is 23.9 Å². The van der Waals surface area contributed by atoms with Crippen molar-refractivity contribution in [3.8, 4) is 0 Å². The van der Waals surface area contributed by atoms with E-state index in [9.17, 15) is 13.0 Å². The van der Waals surface area contributed by atoms with Crippen molar-refractivity contribution < 1.29 is 17.7 Å². The molecule has 3 aliphatic rings. The summed E-state index contributed by atoms with van der Waals surface area (Å²) in [4.78, 5) is 7.87. The number of hydrogen-bond donors (Lipinski definition) is 1. The molecule has 5 nitrogen and oxygen atoms in total. The number of likely N-dealkylation sites (tertiary alicyclic amines) is 1. The molecule has 4 rings (SSSR count). The van der Waals surface area contributed by atoms with Gasteiger partial charge in [-0.15, -0.1) is 0 Å². The third-order valence-corrected chi connectivity index (χ3v) is 8.19. The van der Waals surface area contributed by atoms with Crippen LogP contribution in [0.3, 0.4) is 0 Å². The Morgan fingerprint density at radius 2 is 1.97 bits per heavy atom. The molecule has 1 N–H and O–H groups in total. The summed E-state index contributed by atoms with van der Waals surface area (Å²) >= 11 is 0. The van der Waals surface area contributed by atoms with E-state index in [1.54, 1.807) is 6.07 Å². The Balaban J connectivity index is 1.49. The molecule has 0 saturated carbocycles. The molecule has 3 heterocycles. The highest BCUT2D eigenvalue weighted by Gasteiger charge is 2.29. The fraction of sp³-hybridized carbons (Fsp3) is 0.520. The molecule has 1 aromatic rings. The quantitative estimate of drug-likeness (QED) is 0.391. The Labute approximate surface area is 196 Å². The SMILES string of the molecule is C=C=C(NC(=NC1CCOCC1)C1=C(C)CCS1=O)N1CCC(c2ccc(F)cc2F)CC1. The number of allylic oxidation sites excluding steroid dienone is 1. The van der Waals surface area contributed by atoms with Gasteiger partial charge in [0, 0.05) is 38.1 Å². The summed E-state index contributed by atoms with van der Waals surface area (Å²) < 4.78 is 45.7. The third-order valence-electron chi connectivity index (χ3n) is 6.61. The lowest BCUT2D eigenvalue weighted by Crippen LogP contribution is -2.41. The van der Waals surface area contributed by atoms with E-state index in [2.05, 4.69) is 22.5 Å². The second kappa shape index (κ2) is 10.8. The molecule has 1 aromatic carbocycles. The average Bonchev–Trinajstić information content (AvgIpc) is 3.15. The smallest absolute Gasteiger partial charge is 0.151 e. The molecule has 2 fully saturated rings. The molecule has 0 amide bonds. The summed E-state index contributed by atoms with van der Waals surface area (Å²) in [5, 5.41) is 3.40. The van der Waals surface area contributed by atoms with Gasteiger partial charge >= 0.3 is 0 Å². The predicted octanol–water partition coefficient (Wildman–Crippen LogP) is 4.36. The normalized spacial score (nSPS) is 23.1. The van der Waals surface area contributed by atoms with E-state index < -0.39 is 22.4 Å². The number of halogens is 2. The minimum Gasteiger partial charge on any atom is -0.381 e. The Hall–Kier alpha value is -2.28. The molecule has 0 spiro atoms. The number of piperidine rings is 1. The number of nitrogens with zero attached hydrogens (tertiary/aromatic N) is 2. The highest BCUT2D eigenvalue weighted by atomic mass is 32.2. The molecule has 1 atom stereocenters. The number of hydrogen-bond acceptors (Lipinski definition) is 4. The van der Waals surface area contributed by atoms with Crippen molar-refractivity contribution in [3.63, 3.8) is 0 Å². The molecule has 1 unspecified atom stereocenters. The van der Waals surface area contributed by atoms with Gasteiger partial charge in [0.05, 0.1) is 21.7 Å². The van der Waals surface area contributed by atoms with Crippen LogP contribution in [-0.2, 0) is 15.5 Å².